The van der Waals surface area contributed by atoms with Crippen LogP contribution in [0.15, 0.2) is 42.7 Å². The van der Waals surface area contributed by atoms with Gasteiger partial charge in [0.05, 0.1) is 0 Å². The van der Waals surface area contributed by atoms with Crippen LogP contribution in [0.3, 0.4) is 0 Å². The third-order valence-electron chi connectivity index (χ3n) is 3.20. The zero-order chi connectivity index (χ0) is 11.5. The predicted octanol–water partition coefficient (Wildman–Crippen LogP) is 3.15. The molecule has 1 aliphatic rings. The number of benzene rings is 1. The molecule has 0 spiro atoms. The number of pyridine rings is 1. The Balaban J connectivity index is 1.70. The monoisotopic (exact) mass is 225 g/mol. The van der Waals surface area contributed by atoms with Gasteiger partial charge in [-0.15, -0.1) is 0 Å². The van der Waals surface area contributed by atoms with Crippen molar-refractivity contribution in [2.75, 3.05) is 0 Å². The van der Waals surface area contributed by atoms with Crippen LogP contribution in [-0.2, 0) is 19.4 Å². The number of hydrogen-bond acceptors (Lipinski definition) is 2. The topological polar surface area (TPSA) is 22.1 Å². The summed E-state index contributed by atoms with van der Waals surface area (Å²) in [6.07, 6.45) is 7.31. The van der Waals surface area contributed by atoms with E-state index in [0.29, 0.717) is 6.61 Å². The molecule has 3 rings (SSSR count). The molecular formula is C15H15NO. The first-order chi connectivity index (χ1) is 8.42. The van der Waals surface area contributed by atoms with E-state index in [4.69, 9.17) is 4.74 Å². The molecule has 1 heterocycles. The van der Waals surface area contributed by atoms with Crippen molar-refractivity contribution in [1.82, 2.24) is 4.98 Å². The minimum Gasteiger partial charge on any atom is -0.489 e. The van der Waals surface area contributed by atoms with E-state index in [1.807, 2.05) is 18.3 Å². The number of ether oxygens (including phenoxy) is 1. The van der Waals surface area contributed by atoms with Gasteiger partial charge >= 0.3 is 0 Å². The van der Waals surface area contributed by atoms with E-state index in [2.05, 4.69) is 23.2 Å². The van der Waals surface area contributed by atoms with Crippen molar-refractivity contribution >= 4 is 0 Å². The molecule has 86 valence electrons. The molecule has 17 heavy (non-hydrogen) atoms. The van der Waals surface area contributed by atoms with Gasteiger partial charge in [0.25, 0.3) is 0 Å². The van der Waals surface area contributed by atoms with Gasteiger partial charge in [-0.05, 0) is 48.6 Å². The summed E-state index contributed by atoms with van der Waals surface area (Å²) in [6.45, 7) is 0.590. The molecule has 0 radical (unpaired) electrons. The summed E-state index contributed by atoms with van der Waals surface area (Å²) < 4.78 is 5.78. The fourth-order valence-corrected chi connectivity index (χ4v) is 2.29. The van der Waals surface area contributed by atoms with Crippen LogP contribution in [0.25, 0.3) is 0 Å². The fourth-order valence-electron chi connectivity index (χ4n) is 2.29. The maximum Gasteiger partial charge on any atom is 0.120 e. The normalized spacial score (nSPS) is 13.4. The van der Waals surface area contributed by atoms with Crippen molar-refractivity contribution in [2.24, 2.45) is 0 Å². The molecule has 2 heteroatoms. The van der Waals surface area contributed by atoms with Gasteiger partial charge in [0.1, 0.15) is 12.4 Å². The van der Waals surface area contributed by atoms with Crippen molar-refractivity contribution < 1.29 is 4.74 Å². The van der Waals surface area contributed by atoms with E-state index >= 15 is 0 Å². The quantitative estimate of drug-likeness (QED) is 0.800. The highest BCUT2D eigenvalue weighted by Gasteiger charge is 2.10. The second-order valence-electron chi connectivity index (χ2n) is 4.43. The zero-order valence-electron chi connectivity index (χ0n) is 9.73. The summed E-state index contributed by atoms with van der Waals surface area (Å²) >= 11 is 0. The van der Waals surface area contributed by atoms with Crippen molar-refractivity contribution in [3.8, 4) is 5.75 Å². The summed E-state index contributed by atoms with van der Waals surface area (Å²) in [6, 6.07) is 10.4. The summed E-state index contributed by atoms with van der Waals surface area (Å²) in [5.74, 6) is 0.967. The Kier molecular flexibility index (Phi) is 2.78. The van der Waals surface area contributed by atoms with Crippen molar-refractivity contribution in [3.63, 3.8) is 0 Å². The van der Waals surface area contributed by atoms with Gasteiger partial charge in [-0.1, -0.05) is 12.1 Å². The molecule has 0 amide bonds. The SMILES string of the molecule is c1cncc(COc2ccc3c(c2)CCC3)c1. The molecule has 2 aromatic rings. The van der Waals surface area contributed by atoms with Gasteiger partial charge in [0.15, 0.2) is 0 Å². The Labute approximate surface area is 101 Å². The lowest BCUT2D eigenvalue weighted by atomic mass is 10.1. The van der Waals surface area contributed by atoms with Gasteiger partial charge in [0.2, 0.25) is 0 Å². The Morgan fingerprint density at radius 3 is 2.94 bits per heavy atom. The van der Waals surface area contributed by atoms with E-state index in [1.165, 1.54) is 30.4 Å². The third kappa shape index (κ3) is 2.31. The molecule has 0 bridgehead atoms. The second-order valence-corrected chi connectivity index (χ2v) is 4.43. The second kappa shape index (κ2) is 4.58. The van der Waals surface area contributed by atoms with Crippen LogP contribution >= 0.6 is 0 Å². The highest BCUT2D eigenvalue weighted by Crippen LogP contribution is 2.26. The molecule has 0 N–H and O–H groups in total. The number of rotatable bonds is 3. The molecule has 0 saturated carbocycles. The molecule has 0 fully saturated rings. The lowest BCUT2D eigenvalue weighted by Gasteiger charge is -2.07. The van der Waals surface area contributed by atoms with Crippen LogP contribution in [0.4, 0.5) is 0 Å². The summed E-state index contributed by atoms with van der Waals surface area (Å²) in [4.78, 5) is 4.07. The molecule has 0 atom stereocenters. The summed E-state index contributed by atoms with van der Waals surface area (Å²) in [7, 11) is 0. The Morgan fingerprint density at radius 1 is 1.12 bits per heavy atom. The van der Waals surface area contributed by atoms with Crippen LogP contribution in [0.2, 0.25) is 0 Å². The molecule has 1 aliphatic carbocycles. The van der Waals surface area contributed by atoms with Gasteiger partial charge in [-0.3, -0.25) is 4.98 Å². The molecule has 0 saturated heterocycles. The van der Waals surface area contributed by atoms with Crippen molar-refractivity contribution in [3.05, 3.63) is 59.4 Å². The first kappa shape index (κ1) is 10.3. The minimum atomic E-state index is 0.590. The van der Waals surface area contributed by atoms with Crippen LogP contribution in [0.5, 0.6) is 5.75 Å². The molecule has 0 aliphatic heterocycles. The average Bonchev–Trinajstić information content (AvgIpc) is 2.85. The maximum absolute atomic E-state index is 5.78. The van der Waals surface area contributed by atoms with Gasteiger partial charge in [-0.25, -0.2) is 0 Å². The standard InChI is InChI=1S/C15H15NO/c1-4-13-6-7-15(9-14(13)5-1)17-11-12-3-2-8-16-10-12/h2-3,6-10H,1,4-5,11H2. The Bertz CT molecular complexity index is 508. The Morgan fingerprint density at radius 2 is 2.06 bits per heavy atom. The first-order valence-corrected chi connectivity index (χ1v) is 6.05. The average molecular weight is 225 g/mol. The van der Waals surface area contributed by atoms with E-state index < -0.39 is 0 Å². The smallest absolute Gasteiger partial charge is 0.120 e. The molecule has 0 unspecified atom stereocenters. The molecule has 1 aromatic heterocycles. The lowest BCUT2D eigenvalue weighted by Crippen LogP contribution is -1.96. The van der Waals surface area contributed by atoms with Crippen molar-refractivity contribution in [2.45, 2.75) is 25.9 Å². The van der Waals surface area contributed by atoms with E-state index in [1.54, 1.807) is 6.20 Å². The maximum atomic E-state index is 5.78. The van der Waals surface area contributed by atoms with Gasteiger partial charge < -0.3 is 4.74 Å². The number of aryl methyl sites for hydroxylation is 2. The van der Waals surface area contributed by atoms with E-state index in [-0.39, 0.29) is 0 Å². The lowest BCUT2D eigenvalue weighted by molar-refractivity contribution is 0.305. The summed E-state index contributed by atoms with van der Waals surface area (Å²) in [5, 5.41) is 0. The summed E-state index contributed by atoms with van der Waals surface area (Å²) in [5.41, 5.74) is 4.04. The minimum absolute atomic E-state index is 0.590. The largest absolute Gasteiger partial charge is 0.489 e. The predicted molar refractivity (Wildman–Crippen MR) is 67.0 cm³/mol. The fraction of sp³-hybridized carbons (Fsp3) is 0.267. The van der Waals surface area contributed by atoms with E-state index in [0.717, 1.165) is 11.3 Å². The number of nitrogens with zero attached hydrogens (tertiary/aromatic N) is 1. The van der Waals surface area contributed by atoms with E-state index in [9.17, 15) is 0 Å². The van der Waals surface area contributed by atoms with Crippen LogP contribution in [0.1, 0.15) is 23.1 Å². The van der Waals surface area contributed by atoms with Gasteiger partial charge in [0, 0.05) is 18.0 Å². The third-order valence-corrected chi connectivity index (χ3v) is 3.20. The number of aromatic nitrogens is 1. The highest BCUT2D eigenvalue weighted by atomic mass is 16.5. The molecule has 1 aromatic carbocycles. The molecule has 2 nitrogen and oxygen atoms in total. The highest BCUT2D eigenvalue weighted by molar-refractivity contribution is 5.38. The number of hydrogen-bond donors (Lipinski definition) is 0. The van der Waals surface area contributed by atoms with Crippen LogP contribution < -0.4 is 4.74 Å². The van der Waals surface area contributed by atoms with Gasteiger partial charge in [-0.2, -0.15) is 0 Å². The van der Waals surface area contributed by atoms with Crippen LogP contribution in [-0.4, -0.2) is 4.98 Å². The number of fused-ring (bicyclic) bond motifs is 1. The molecular weight excluding hydrogens is 210 g/mol. The first-order valence-electron chi connectivity index (χ1n) is 6.05. The zero-order valence-corrected chi connectivity index (χ0v) is 9.73. The Hall–Kier alpha value is -1.83. The van der Waals surface area contributed by atoms with Crippen LogP contribution in [0, 0.1) is 0 Å². The van der Waals surface area contributed by atoms with Crippen molar-refractivity contribution in [1.29, 1.82) is 0 Å².